The largest absolute Gasteiger partial charge is 0.506 e. The van der Waals surface area contributed by atoms with E-state index in [1.807, 2.05) is 6.07 Å². The van der Waals surface area contributed by atoms with Crippen molar-refractivity contribution in [2.45, 2.75) is 4.90 Å². The van der Waals surface area contributed by atoms with E-state index in [2.05, 4.69) is 15.0 Å². The van der Waals surface area contributed by atoms with Crippen molar-refractivity contribution in [2.24, 2.45) is 4.99 Å². The van der Waals surface area contributed by atoms with Gasteiger partial charge in [-0.3, -0.25) is 4.72 Å². The number of nitrogens with zero attached hydrogens (tertiary/aromatic N) is 2. The summed E-state index contributed by atoms with van der Waals surface area (Å²) in [6.45, 7) is 0. The molecule has 7 heteroatoms. The van der Waals surface area contributed by atoms with Crippen LogP contribution in [0, 0.1) is 17.1 Å². The zero-order valence-corrected chi connectivity index (χ0v) is 11.4. The first-order valence-corrected chi connectivity index (χ1v) is 6.79. The van der Waals surface area contributed by atoms with Gasteiger partial charge in [-0.25, -0.2) is 9.38 Å². The SMILES string of the molecule is N#Cc1cc(O)c2c(c1)SNC(Nc1ccccc1F)=N2. The topological polar surface area (TPSA) is 80.4 Å². The van der Waals surface area contributed by atoms with Crippen LogP contribution in [0.5, 0.6) is 5.75 Å². The van der Waals surface area contributed by atoms with E-state index in [0.717, 1.165) is 0 Å². The smallest absolute Gasteiger partial charge is 0.211 e. The second-order valence-electron chi connectivity index (χ2n) is 4.22. The second kappa shape index (κ2) is 5.34. The number of nitriles is 1. The van der Waals surface area contributed by atoms with Gasteiger partial charge in [0.1, 0.15) is 17.3 Å². The van der Waals surface area contributed by atoms with Crippen LogP contribution in [0.25, 0.3) is 0 Å². The zero-order chi connectivity index (χ0) is 14.8. The van der Waals surface area contributed by atoms with E-state index in [1.165, 1.54) is 24.1 Å². The quantitative estimate of drug-likeness (QED) is 0.705. The molecule has 0 aromatic heterocycles. The maximum absolute atomic E-state index is 13.6. The summed E-state index contributed by atoms with van der Waals surface area (Å²) in [5, 5.41) is 21.6. The highest BCUT2D eigenvalue weighted by Crippen LogP contribution is 2.39. The maximum Gasteiger partial charge on any atom is 0.211 e. The van der Waals surface area contributed by atoms with Gasteiger partial charge in [-0.05, 0) is 36.2 Å². The molecule has 1 aliphatic rings. The average molecular weight is 300 g/mol. The van der Waals surface area contributed by atoms with E-state index < -0.39 is 5.82 Å². The monoisotopic (exact) mass is 300 g/mol. The van der Waals surface area contributed by atoms with Gasteiger partial charge in [-0.15, -0.1) is 0 Å². The van der Waals surface area contributed by atoms with Gasteiger partial charge in [0.05, 0.1) is 22.2 Å². The normalized spacial score (nSPS) is 12.7. The third-order valence-electron chi connectivity index (χ3n) is 2.79. The van der Waals surface area contributed by atoms with Gasteiger partial charge in [0.15, 0.2) is 0 Å². The molecule has 0 atom stereocenters. The minimum atomic E-state index is -0.401. The Morgan fingerprint density at radius 3 is 2.90 bits per heavy atom. The lowest BCUT2D eigenvalue weighted by atomic mass is 10.2. The average Bonchev–Trinajstić information content (AvgIpc) is 2.50. The van der Waals surface area contributed by atoms with Crippen molar-refractivity contribution in [3.63, 3.8) is 0 Å². The van der Waals surface area contributed by atoms with Gasteiger partial charge < -0.3 is 10.4 Å². The molecule has 0 spiro atoms. The van der Waals surface area contributed by atoms with Crippen molar-refractivity contribution in [3.8, 4) is 11.8 Å². The van der Waals surface area contributed by atoms with Crippen LogP contribution in [0.15, 0.2) is 46.3 Å². The van der Waals surface area contributed by atoms with Gasteiger partial charge in [-0.1, -0.05) is 12.1 Å². The van der Waals surface area contributed by atoms with E-state index in [1.54, 1.807) is 24.3 Å². The molecular weight excluding hydrogens is 291 g/mol. The van der Waals surface area contributed by atoms with Gasteiger partial charge >= 0.3 is 0 Å². The second-order valence-corrected chi connectivity index (χ2v) is 5.07. The van der Waals surface area contributed by atoms with Crippen LogP contribution in [-0.2, 0) is 0 Å². The van der Waals surface area contributed by atoms with E-state index in [4.69, 9.17) is 5.26 Å². The lowest BCUT2D eigenvalue weighted by Gasteiger charge is -2.18. The number of phenolic OH excluding ortho intramolecular Hbond substituents is 1. The Bertz CT molecular complexity index is 785. The number of aromatic hydroxyl groups is 1. The van der Waals surface area contributed by atoms with E-state index >= 15 is 0 Å². The third kappa shape index (κ3) is 2.61. The minimum Gasteiger partial charge on any atom is -0.506 e. The Hall–Kier alpha value is -2.72. The number of phenols is 1. The number of guanidine groups is 1. The highest BCUT2D eigenvalue weighted by molar-refractivity contribution is 7.98. The van der Waals surface area contributed by atoms with Gasteiger partial charge in [0, 0.05) is 0 Å². The molecular formula is C14H9FN4OS. The number of halogens is 1. The molecule has 104 valence electrons. The van der Waals surface area contributed by atoms with Crippen LogP contribution in [-0.4, -0.2) is 11.1 Å². The summed E-state index contributed by atoms with van der Waals surface area (Å²) in [4.78, 5) is 4.83. The first kappa shape index (κ1) is 13.3. The van der Waals surface area contributed by atoms with Crippen LogP contribution in [0.1, 0.15) is 5.56 Å². The fraction of sp³-hybridized carbons (Fsp3) is 0. The lowest BCUT2D eigenvalue weighted by molar-refractivity contribution is 0.475. The number of fused-ring (bicyclic) bond motifs is 1. The molecule has 2 aromatic carbocycles. The van der Waals surface area contributed by atoms with Gasteiger partial charge in [0.25, 0.3) is 0 Å². The Kier molecular flexibility index (Phi) is 3.38. The number of rotatable bonds is 1. The summed E-state index contributed by atoms with van der Waals surface area (Å²) in [6.07, 6.45) is 0. The highest BCUT2D eigenvalue weighted by atomic mass is 32.2. The molecule has 0 saturated carbocycles. The molecule has 5 nitrogen and oxygen atoms in total. The molecule has 2 aromatic rings. The summed E-state index contributed by atoms with van der Waals surface area (Å²) in [7, 11) is 0. The van der Waals surface area contributed by atoms with E-state index in [-0.39, 0.29) is 11.4 Å². The van der Waals surface area contributed by atoms with Crippen LogP contribution in [0.3, 0.4) is 0 Å². The Morgan fingerprint density at radius 2 is 2.14 bits per heavy atom. The number of para-hydroxylation sites is 1. The first-order chi connectivity index (χ1) is 10.2. The number of benzene rings is 2. The van der Waals surface area contributed by atoms with E-state index in [0.29, 0.717) is 22.1 Å². The standard InChI is InChI=1S/C14H9FN4OS/c15-9-3-1-2-4-10(9)17-14-18-13-11(20)5-8(7-16)6-12(13)21-19-14/h1-6,20H,(H2,17,18,19). The van der Waals surface area contributed by atoms with Crippen molar-refractivity contribution >= 4 is 29.3 Å². The lowest BCUT2D eigenvalue weighted by Crippen LogP contribution is -2.27. The number of hydrogen-bond donors (Lipinski definition) is 3. The third-order valence-corrected chi connectivity index (χ3v) is 3.62. The molecule has 0 fully saturated rings. The fourth-order valence-electron chi connectivity index (χ4n) is 1.83. The predicted octanol–water partition coefficient (Wildman–Crippen LogP) is 3.11. The van der Waals surface area contributed by atoms with Crippen molar-refractivity contribution in [2.75, 3.05) is 5.32 Å². The summed E-state index contributed by atoms with van der Waals surface area (Å²) in [6, 6.07) is 11.1. The summed E-state index contributed by atoms with van der Waals surface area (Å²) >= 11 is 1.19. The van der Waals surface area contributed by atoms with Crippen molar-refractivity contribution < 1.29 is 9.50 Å². The molecule has 0 radical (unpaired) electrons. The molecule has 0 aliphatic carbocycles. The summed E-state index contributed by atoms with van der Waals surface area (Å²) in [5.74, 6) is -0.190. The van der Waals surface area contributed by atoms with Crippen LogP contribution >= 0.6 is 11.9 Å². The molecule has 1 aliphatic heterocycles. The van der Waals surface area contributed by atoms with Gasteiger partial charge in [-0.2, -0.15) is 5.26 Å². The predicted molar refractivity (Wildman–Crippen MR) is 78.9 cm³/mol. The molecule has 3 N–H and O–H groups in total. The molecule has 0 bridgehead atoms. The Morgan fingerprint density at radius 1 is 1.33 bits per heavy atom. The number of nitrogens with one attached hydrogen (secondary N) is 2. The van der Waals surface area contributed by atoms with Gasteiger partial charge in [0.2, 0.25) is 5.96 Å². The Balaban J connectivity index is 1.94. The molecule has 0 saturated heterocycles. The molecule has 3 rings (SSSR count). The fourth-order valence-corrected chi connectivity index (χ4v) is 2.57. The molecule has 0 unspecified atom stereocenters. The van der Waals surface area contributed by atoms with Crippen molar-refractivity contribution in [3.05, 3.63) is 47.8 Å². The number of hydrogen-bond acceptors (Lipinski definition) is 6. The maximum atomic E-state index is 13.6. The zero-order valence-electron chi connectivity index (χ0n) is 10.6. The summed E-state index contributed by atoms with van der Waals surface area (Å²) in [5.41, 5.74) is 0.971. The van der Waals surface area contributed by atoms with Crippen molar-refractivity contribution in [1.29, 1.82) is 5.26 Å². The molecule has 0 amide bonds. The first-order valence-electron chi connectivity index (χ1n) is 5.97. The molecule has 1 heterocycles. The Labute approximate surface area is 124 Å². The van der Waals surface area contributed by atoms with Crippen LogP contribution in [0.4, 0.5) is 15.8 Å². The minimum absolute atomic E-state index is 0.0918. The number of anilines is 1. The molecule has 21 heavy (non-hydrogen) atoms. The van der Waals surface area contributed by atoms with Crippen molar-refractivity contribution in [1.82, 2.24) is 4.72 Å². The van der Waals surface area contributed by atoms with Crippen LogP contribution < -0.4 is 10.0 Å². The summed E-state index contributed by atoms with van der Waals surface area (Å²) < 4.78 is 16.5. The highest BCUT2D eigenvalue weighted by Gasteiger charge is 2.18. The number of aliphatic imine (C=N–C) groups is 1. The van der Waals surface area contributed by atoms with Crippen LogP contribution in [0.2, 0.25) is 0 Å². The van der Waals surface area contributed by atoms with E-state index in [9.17, 15) is 9.50 Å².